The molecule has 9 nitrogen and oxygen atoms in total. The number of ether oxygens (including phenoxy) is 1. The van der Waals surface area contributed by atoms with E-state index in [1.807, 2.05) is 42.5 Å². The normalized spacial score (nSPS) is 12.8. The van der Waals surface area contributed by atoms with Crippen LogP contribution in [0.25, 0.3) is 0 Å². The molecule has 10 heteroatoms. The van der Waals surface area contributed by atoms with Crippen molar-refractivity contribution in [3.63, 3.8) is 0 Å². The van der Waals surface area contributed by atoms with Gasteiger partial charge in [-0.25, -0.2) is 9.69 Å². The number of carbonyl (C=O) groups is 4. The third-order valence-electron chi connectivity index (χ3n) is 6.15. The molecule has 0 radical (unpaired) electrons. The second-order valence-electron chi connectivity index (χ2n) is 8.90. The first-order valence-electron chi connectivity index (χ1n) is 12.4. The molecule has 0 aliphatic carbocycles. The van der Waals surface area contributed by atoms with Crippen molar-refractivity contribution >= 4 is 63.7 Å². The predicted octanol–water partition coefficient (Wildman–Crippen LogP) is 5.90. The molecule has 0 fully saturated rings. The molecule has 0 atom stereocenters. The van der Waals surface area contributed by atoms with Gasteiger partial charge < -0.3 is 20.7 Å². The molecule has 41 heavy (non-hydrogen) atoms. The van der Waals surface area contributed by atoms with Gasteiger partial charge in [0.05, 0.1) is 18.4 Å². The van der Waals surface area contributed by atoms with Crippen LogP contribution in [0.5, 0.6) is 0 Å². The average Bonchev–Trinajstić information content (AvgIpc) is 3.21. The van der Waals surface area contributed by atoms with Gasteiger partial charge in [-0.3, -0.25) is 14.4 Å². The Balaban J connectivity index is 1.27. The fourth-order valence-corrected chi connectivity index (χ4v) is 4.36. The van der Waals surface area contributed by atoms with E-state index in [1.54, 1.807) is 30.3 Å². The number of carbonyl (C=O) groups excluding carboxylic acids is 4. The van der Waals surface area contributed by atoms with E-state index in [9.17, 15) is 19.2 Å². The number of nitrogens with zero attached hydrogens (tertiary/aromatic N) is 1. The Morgan fingerprint density at radius 3 is 2.05 bits per heavy atom. The summed E-state index contributed by atoms with van der Waals surface area (Å²) >= 11 is 6.25. The minimum absolute atomic E-state index is 0.154. The van der Waals surface area contributed by atoms with Gasteiger partial charge in [-0.1, -0.05) is 41.9 Å². The van der Waals surface area contributed by atoms with Crippen molar-refractivity contribution in [1.29, 1.82) is 0 Å². The van der Waals surface area contributed by atoms with Gasteiger partial charge >= 0.3 is 5.97 Å². The van der Waals surface area contributed by atoms with Crippen LogP contribution in [0.3, 0.4) is 0 Å². The second kappa shape index (κ2) is 11.8. The SMILES string of the molecule is COC(=O)c1cccc(N2C(=O)C(Cl)=C(Nc3cccc(C(=O)Nc4ccc(Nc5ccccc5)cc4)c3)C2=O)c1. The first-order valence-corrected chi connectivity index (χ1v) is 12.8. The maximum Gasteiger partial charge on any atom is 0.337 e. The molecule has 0 bridgehead atoms. The van der Waals surface area contributed by atoms with E-state index in [-0.39, 0.29) is 27.9 Å². The van der Waals surface area contributed by atoms with Crippen LogP contribution in [0.1, 0.15) is 20.7 Å². The summed E-state index contributed by atoms with van der Waals surface area (Å²) in [4.78, 5) is 51.8. The highest BCUT2D eigenvalue weighted by Crippen LogP contribution is 2.31. The van der Waals surface area contributed by atoms with E-state index in [4.69, 9.17) is 16.3 Å². The van der Waals surface area contributed by atoms with Gasteiger partial charge in [-0.05, 0) is 72.8 Å². The lowest BCUT2D eigenvalue weighted by Gasteiger charge is -2.16. The number of methoxy groups -OCH3 is 1. The number of anilines is 5. The fourth-order valence-electron chi connectivity index (χ4n) is 4.15. The Morgan fingerprint density at radius 1 is 0.683 bits per heavy atom. The lowest BCUT2D eigenvalue weighted by atomic mass is 10.1. The fraction of sp³-hybridized carbons (Fsp3) is 0.0323. The molecule has 1 aliphatic rings. The molecule has 4 aromatic rings. The molecule has 4 aromatic carbocycles. The maximum atomic E-state index is 13.2. The van der Waals surface area contributed by atoms with E-state index < -0.39 is 17.8 Å². The summed E-state index contributed by atoms with van der Waals surface area (Å²) in [5.74, 6) is -2.44. The quantitative estimate of drug-likeness (QED) is 0.179. The zero-order valence-electron chi connectivity index (χ0n) is 21.7. The number of hydrogen-bond donors (Lipinski definition) is 3. The summed E-state index contributed by atoms with van der Waals surface area (Å²) in [6.07, 6.45) is 0. The summed E-state index contributed by atoms with van der Waals surface area (Å²) in [5, 5.41) is 8.67. The molecule has 0 spiro atoms. The van der Waals surface area contributed by atoms with Crippen LogP contribution in [0.2, 0.25) is 0 Å². The Bertz CT molecular complexity index is 1690. The number of nitrogens with one attached hydrogen (secondary N) is 3. The summed E-state index contributed by atoms with van der Waals surface area (Å²) in [5.41, 5.74) is 3.28. The molecule has 0 saturated carbocycles. The van der Waals surface area contributed by atoms with Crippen LogP contribution in [0, 0.1) is 0 Å². The number of hydrogen-bond acceptors (Lipinski definition) is 7. The lowest BCUT2D eigenvalue weighted by molar-refractivity contribution is -0.120. The summed E-state index contributed by atoms with van der Waals surface area (Å²) < 4.78 is 4.71. The van der Waals surface area contributed by atoms with Crippen molar-refractivity contribution in [2.75, 3.05) is 28.0 Å². The van der Waals surface area contributed by atoms with E-state index in [2.05, 4.69) is 16.0 Å². The van der Waals surface area contributed by atoms with Crippen molar-refractivity contribution in [3.05, 3.63) is 125 Å². The highest BCUT2D eigenvalue weighted by atomic mass is 35.5. The zero-order chi connectivity index (χ0) is 28.9. The Morgan fingerprint density at radius 2 is 1.32 bits per heavy atom. The molecule has 204 valence electrons. The number of benzene rings is 4. The van der Waals surface area contributed by atoms with Crippen molar-refractivity contribution in [2.24, 2.45) is 0 Å². The highest BCUT2D eigenvalue weighted by molar-refractivity contribution is 6.53. The summed E-state index contributed by atoms with van der Waals surface area (Å²) in [6.45, 7) is 0. The third kappa shape index (κ3) is 5.95. The van der Waals surface area contributed by atoms with E-state index >= 15 is 0 Å². The number of halogens is 1. The van der Waals surface area contributed by atoms with E-state index in [0.717, 1.165) is 16.3 Å². The van der Waals surface area contributed by atoms with Crippen molar-refractivity contribution in [1.82, 2.24) is 0 Å². The molecule has 5 rings (SSSR count). The summed E-state index contributed by atoms with van der Waals surface area (Å²) in [6, 6.07) is 29.3. The average molecular weight is 567 g/mol. The van der Waals surface area contributed by atoms with E-state index in [1.165, 1.54) is 37.4 Å². The van der Waals surface area contributed by atoms with Crippen LogP contribution in [-0.2, 0) is 14.3 Å². The minimum atomic E-state index is -0.750. The smallest absolute Gasteiger partial charge is 0.337 e. The summed E-state index contributed by atoms with van der Waals surface area (Å²) in [7, 11) is 1.23. The van der Waals surface area contributed by atoms with Gasteiger partial charge in [-0.2, -0.15) is 0 Å². The molecule has 0 aromatic heterocycles. The number of amides is 3. The molecule has 0 unspecified atom stereocenters. The van der Waals surface area contributed by atoms with Gasteiger partial charge in [-0.15, -0.1) is 0 Å². The molecule has 3 amide bonds. The Hall–Kier alpha value is -5.41. The number of para-hydroxylation sites is 1. The van der Waals surface area contributed by atoms with Gasteiger partial charge in [0.25, 0.3) is 17.7 Å². The standard InChI is InChI=1S/C31H23ClN4O5/c1-41-31(40)20-8-6-12-25(18-20)36-29(38)26(32)27(30(36)39)34-24-11-5-7-19(17-24)28(37)35-23-15-13-22(14-16-23)33-21-9-3-2-4-10-21/h2-18,33-34H,1H3,(H,35,37). The zero-order valence-corrected chi connectivity index (χ0v) is 22.4. The van der Waals surface area contributed by atoms with Crippen molar-refractivity contribution in [2.45, 2.75) is 0 Å². The van der Waals surface area contributed by atoms with E-state index in [0.29, 0.717) is 16.9 Å². The Labute approximate surface area is 240 Å². The monoisotopic (exact) mass is 566 g/mol. The first kappa shape index (κ1) is 27.2. The van der Waals surface area contributed by atoms with Crippen LogP contribution in [0.15, 0.2) is 114 Å². The van der Waals surface area contributed by atoms with Crippen molar-refractivity contribution in [3.8, 4) is 0 Å². The second-order valence-corrected chi connectivity index (χ2v) is 9.28. The van der Waals surface area contributed by atoms with Crippen LogP contribution in [-0.4, -0.2) is 30.8 Å². The largest absolute Gasteiger partial charge is 0.465 e. The number of imide groups is 1. The highest BCUT2D eigenvalue weighted by Gasteiger charge is 2.39. The predicted molar refractivity (Wildman–Crippen MR) is 157 cm³/mol. The van der Waals surface area contributed by atoms with Gasteiger partial charge in [0.2, 0.25) is 0 Å². The lowest BCUT2D eigenvalue weighted by Crippen LogP contribution is -2.32. The third-order valence-corrected chi connectivity index (χ3v) is 6.50. The van der Waals surface area contributed by atoms with Crippen molar-refractivity contribution < 1.29 is 23.9 Å². The van der Waals surface area contributed by atoms with Gasteiger partial charge in [0, 0.05) is 28.3 Å². The molecule has 0 saturated heterocycles. The molecular formula is C31H23ClN4O5. The van der Waals surface area contributed by atoms with Gasteiger partial charge in [0.15, 0.2) is 0 Å². The molecule has 1 aliphatic heterocycles. The van der Waals surface area contributed by atoms with Crippen LogP contribution >= 0.6 is 11.6 Å². The molecule has 3 N–H and O–H groups in total. The number of esters is 1. The minimum Gasteiger partial charge on any atom is -0.465 e. The number of rotatable bonds is 8. The maximum absolute atomic E-state index is 13.2. The topological polar surface area (TPSA) is 117 Å². The molecule has 1 heterocycles. The van der Waals surface area contributed by atoms with Crippen LogP contribution < -0.4 is 20.9 Å². The Kier molecular flexibility index (Phi) is 7.80. The molecular weight excluding hydrogens is 544 g/mol. The van der Waals surface area contributed by atoms with Gasteiger partial charge in [0.1, 0.15) is 10.7 Å². The first-order chi connectivity index (χ1) is 19.8. The van der Waals surface area contributed by atoms with Crippen LogP contribution in [0.4, 0.5) is 28.4 Å².